The molecule has 2 heterocycles. The maximum atomic E-state index is 12.0. The van der Waals surface area contributed by atoms with E-state index >= 15 is 0 Å². The summed E-state index contributed by atoms with van der Waals surface area (Å²) in [6, 6.07) is 0. The van der Waals surface area contributed by atoms with Gasteiger partial charge in [-0.25, -0.2) is 4.98 Å². The van der Waals surface area contributed by atoms with Gasteiger partial charge in [0.1, 0.15) is 19.0 Å². The third-order valence-corrected chi connectivity index (χ3v) is 3.10. The number of aromatic nitrogens is 2. The first-order valence-electron chi connectivity index (χ1n) is 5.78. The van der Waals surface area contributed by atoms with Gasteiger partial charge in [-0.15, -0.1) is 0 Å². The Labute approximate surface area is 100 Å². The highest BCUT2D eigenvalue weighted by Crippen LogP contribution is 2.03. The van der Waals surface area contributed by atoms with Gasteiger partial charge in [-0.1, -0.05) is 0 Å². The van der Waals surface area contributed by atoms with Crippen LogP contribution in [0.3, 0.4) is 0 Å². The monoisotopic (exact) mass is 238 g/mol. The van der Waals surface area contributed by atoms with Crippen molar-refractivity contribution in [2.45, 2.75) is 13.2 Å². The van der Waals surface area contributed by atoms with Crippen LogP contribution in [0, 0.1) is 0 Å². The fraction of sp³-hybridized carbons (Fsp3) is 0.636. The Kier molecular flexibility index (Phi) is 3.75. The largest absolute Gasteiger partial charge is 0.388 e. The molecule has 6 heteroatoms. The third-order valence-electron chi connectivity index (χ3n) is 3.10. The summed E-state index contributed by atoms with van der Waals surface area (Å²) < 4.78 is 1.70. The molecule has 2 rings (SSSR count). The van der Waals surface area contributed by atoms with E-state index in [1.807, 2.05) is 4.90 Å². The molecule has 1 N–H and O–H groups in total. The summed E-state index contributed by atoms with van der Waals surface area (Å²) >= 11 is 0. The summed E-state index contributed by atoms with van der Waals surface area (Å²) in [5.74, 6) is 0.623. The molecule has 1 aliphatic heterocycles. The van der Waals surface area contributed by atoms with Crippen LogP contribution >= 0.6 is 0 Å². The number of carbonyl (C=O) groups excluding carboxylic acids is 1. The van der Waals surface area contributed by atoms with Crippen molar-refractivity contribution in [1.82, 2.24) is 19.4 Å². The lowest BCUT2D eigenvalue weighted by Crippen LogP contribution is -2.48. The van der Waals surface area contributed by atoms with Gasteiger partial charge in [0.15, 0.2) is 0 Å². The molecule has 1 aliphatic rings. The second-order valence-electron chi connectivity index (χ2n) is 4.31. The van der Waals surface area contributed by atoms with E-state index in [-0.39, 0.29) is 19.1 Å². The quantitative estimate of drug-likeness (QED) is 0.745. The summed E-state index contributed by atoms with van der Waals surface area (Å²) in [6.07, 6.45) is 3.32. The molecule has 0 atom stereocenters. The van der Waals surface area contributed by atoms with Gasteiger partial charge in [0, 0.05) is 38.6 Å². The summed E-state index contributed by atoms with van der Waals surface area (Å²) in [7, 11) is 2.06. The number of carbonyl (C=O) groups is 1. The molecule has 1 fully saturated rings. The van der Waals surface area contributed by atoms with Crippen molar-refractivity contribution in [1.29, 1.82) is 0 Å². The number of rotatable bonds is 3. The number of imidazole rings is 1. The van der Waals surface area contributed by atoms with Gasteiger partial charge in [0.25, 0.3) is 0 Å². The number of amides is 1. The molecule has 1 aromatic rings. The Bertz CT molecular complexity index is 383. The summed E-state index contributed by atoms with van der Waals surface area (Å²) in [5, 5.41) is 9.05. The van der Waals surface area contributed by atoms with Crippen LogP contribution in [0.15, 0.2) is 12.4 Å². The lowest BCUT2D eigenvalue weighted by atomic mass is 10.3. The lowest BCUT2D eigenvalue weighted by Gasteiger charge is -2.32. The number of aliphatic hydroxyl groups is 1. The van der Waals surface area contributed by atoms with Crippen molar-refractivity contribution in [2.75, 3.05) is 33.2 Å². The van der Waals surface area contributed by atoms with Crippen LogP contribution in [0.4, 0.5) is 0 Å². The maximum absolute atomic E-state index is 12.0. The molecule has 0 aliphatic carbocycles. The summed E-state index contributed by atoms with van der Waals surface area (Å²) in [6.45, 7) is 3.52. The van der Waals surface area contributed by atoms with Crippen molar-refractivity contribution in [3.63, 3.8) is 0 Å². The number of aliphatic hydroxyl groups excluding tert-OH is 1. The highest BCUT2D eigenvalue weighted by Gasteiger charge is 2.19. The molecule has 1 saturated heterocycles. The number of likely N-dealkylation sites (N-methyl/N-ethyl adjacent to an activating group) is 1. The zero-order chi connectivity index (χ0) is 12.3. The normalized spacial score (nSPS) is 17.4. The van der Waals surface area contributed by atoms with Crippen LogP contribution in [0.1, 0.15) is 5.82 Å². The van der Waals surface area contributed by atoms with E-state index in [0.29, 0.717) is 5.82 Å². The van der Waals surface area contributed by atoms with Crippen molar-refractivity contribution in [2.24, 2.45) is 0 Å². The van der Waals surface area contributed by atoms with Crippen LogP contribution in [-0.4, -0.2) is 63.6 Å². The first kappa shape index (κ1) is 12.1. The van der Waals surface area contributed by atoms with E-state index in [2.05, 4.69) is 16.9 Å². The van der Waals surface area contributed by atoms with Crippen molar-refractivity contribution >= 4 is 5.91 Å². The second kappa shape index (κ2) is 5.29. The summed E-state index contributed by atoms with van der Waals surface area (Å²) in [4.78, 5) is 20.1. The minimum absolute atomic E-state index is 0.0887. The average molecular weight is 238 g/mol. The summed E-state index contributed by atoms with van der Waals surface area (Å²) in [5.41, 5.74) is 0. The molecule has 0 aromatic carbocycles. The van der Waals surface area contributed by atoms with Gasteiger partial charge in [-0.3, -0.25) is 4.79 Å². The first-order valence-corrected chi connectivity index (χ1v) is 5.78. The molecule has 94 valence electrons. The van der Waals surface area contributed by atoms with Crippen LogP contribution in [0.25, 0.3) is 0 Å². The second-order valence-corrected chi connectivity index (χ2v) is 4.31. The Morgan fingerprint density at radius 1 is 1.41 bits per heavy atom. The maximum Gasteiger partial charge on any atom is 0.242 e. The number of hydrogen-bond donors (Lipinski definition) is 1. The predicted molar refractivity (Wildman–Crippen MR) is 62.2 cm³/mol. The lowest BCUT2D eigenvalue weighted by molar-refractivity contribution is -0.133. The smallest absolute Gasteiger partial charge is 0.242 e. The molecule has 1 aromatic heterocycles. The molecule has 0 radical (unpaired) electrons. The van der Waals surface area contributed by atoms with E-state index in [1.54, 1.807) is 17.0 Å². The minimum Gasteiger partial charge on any atom is -0.388 e. The first-order chi connectivity index (χ1) is 8.20. The molecular formula is C11H18N4O2. The van der Waals surface area contributed by atoms with Gasteiger partial charge < -0.3 is 19.5 Å². The van der Waals surface area contributed by atoms with Crippen molar-refractivity contribution < 1.29 is 9.90 Å². The number of piperazine rings is 1. The van der Waals surface area contributed by atoms with E-state index in [4.69, 9.17) is 5.11 Å². The zero-order valence-corrected chi connectivity index (χ0v) is 10.0. The van der Waals surface area contributed by atoms with E-state index in [9.17, 15) is 4.79 Å². The molecular weight excluding hydrogens is 220 g/mol. The van der Waals surface area contributed by atoms with E-state index in [0.717, 1.165) is 26.2 Å². The fourth-order valence-corrected chi connectivity index (χ4v) is 1.94. The number of hydrogen-bond acceptors (Lipinski definition) is 4. The van der Waals surface area contributed by atoms with E-state index < -0.39 is 0 Å². The predicted octanol–water partition coefficient (Wildman–Crippen LogP) is -0.851. The van der Waals surface area contributed by atoms with Crippen LogP contribution in [0.2, 0.25) is 0 Å². The van der Waals surface area contributed by atoms with Crippen LogP contribution in [0.5, 0.6) is 0 Å². The van der Waals surface area contributed by atoms with Crippen molar-refractivity contribution in [3.05, 3.63) is 18.2 Å². The standard InChI is InChI=1S/C11H18N4O2/c1-13-4-6-14(7-5-13)11(17)8-15-3-2-12-10(15)9-16/h2-3,16H,4-9H2,1H3. The molecule has 0 saturated carbocycles. The Morgan fingerprint density at radius 3 is 2.76 bits per heavy atom. The highest BCUT2D eigenvalue weighted by atomic mass is 16.3. The highest BCUT2D eigenvalue weighted by molar-refractivity contribution is 5.76. The average Bonchev–Trinajstić information content (AvgIpc) is 2.77. The van der Waals surface area contributed by atoms with Gasteiger partial charge in [-0.2, -0.15) is 0 Å². The third kappa shape index (κ3) is 2.83. The molecule has 17 heavy (non-hydrogen) atoms. The van der Waals surface area contributed by atoms with Gasteiger partial charge in [0.05, 0.1) is 0 Å². The molecule has 0 spiro atoms. The van der Waals surface area contributed by atoms with Crippen molar-refractivity contribution in [3.8, 4) is 0 Å². The SMILES string of the molecule is CN1CCN(C(=O)Cn2ccnc2CO)CC1. The zero-order valence-electron chi connectivity index (χ0n) is 10.0. The Morgan fingerprint density at radius 2 is 2.12 bits per heavy atom. The molecule has 1 amide bonds. The Balaban J connectivity index is 1.93. The molecule has 0 bridgehead atoms. The van der Waals surface area contributed by atoms with Crippen LogP contribution < -0.4 is 0 Å². The van der Waals surface area contributed by atoms with Gasteiger partial charge in [-0.05, 0) is 7.05 Å². The molecule has 0 unspecified atom stereocenters. The number of nitrogens with zero attached hydrogens (tertiary/aromatic N) is 4. The van der Waals surface area contributed by atoms with Gasteiger partial charge >= 0.3 is 0 Å². The Hall–Kier alpha value is -1.40. The van der Waals surface area contributed by atoms with E-state index in [1.165, 1.54) is 0 Å². The van der Waals surface area contributed by atoms with Crippen LogP contribution in [-0.2, 0) is 17.9 Å². The fourth-order valence-electron chi connectivity index (χ4n) is 1.94. The van der Waals surface area contributed by atoms with Gasteiger partial charge in [0.2, 0.25) is 5.91 Å². The molecule has 6 nitrogen and oxygen atoms in total. The minimum atomic E-state index is -0.136. The topological polar surface area (TPSA) is 61.6 Å².